The Bertz CT molecular complexity index is 509. The topological polar surface area (TPSA) is 31.6 Å². The van der Waals surface area contributed by atoms with E-state index in [1.807, 2.05) is 24.8 Å². The van der Waals surface area contributed by atoms with E-state index in [1.54, 1.807) is 0 Å². The van der Waals surface area contributed by atoms with E-state index in [9.17, 15) is 0 Å². The molecule has 0 unspecified atom stereocenters. The lowest BCUT2D eigenvalue weighted by atomic mass is 9.98. The van der Waals surface area contributed by atoms with Crippen LogP contribution < -0.4 is 0 Å². The number of rotatable bonds is 2. The molecular formula is C14H12N2. The summed E-state index contributed by atoms with van der Waals surface area (Å²) in [5.41, 5.74) is 4.94. The highest BCUT2D eigenvalue weighted by Gasteiger charge is 2.06. The number of nitrogens with one attached hydrogen (secondary N) is 2. The zero-order chi connectivity index (χ0) is 10.8. The fourth-order valence-electron chi connectivity index (χ4n) is 1.97. The van der Waals surface area contributed by atoms with Gasteiger partial charge in [-0.2, -0.15) is 0 Å². The summed E-state index contributed by atoms with van der Waals surface area (Å²) in [5, 5.41) is 0. The van der Waals surface area contributed by atoms with Crippen molar-refractivity contribution >= 4 is 0 Å². The minimum absolute atomic E-state index is 1.22. The number of benzene rings is 1. The molecule has 0 fully saturated rings. The summed E-state index contributed by atoms with van der Waals surface area (Å²) in [6, 6.07) is 12.6. The Labute approximate surface area is 94.0 Å². The van der Waals surface area contributed by atoms with Crippen molar-refractivity contribution < 1.29 is 0 Å². The molecule has 3 aromatic rings. The first-order valence-corrected chi connectivity index (χ1v) is 5.30. The molecule has 3 rings (SSSR count). The van der Waals surface area contributed by atoms with Crippen LogP contribution in [0.25, 0.3) is 22.3 Å². The Morgan fingerprint density at radius 3 is 1.50 bits per heavy atom. The van der Waals surface area contributed by atoms with Crippen LogP contribution in [0.1, 0.15) is 0 Å². The average Bonchev–Trinajstić information content (AvgIpc) is 3.03. The third-order valence-electron chi connectivity index (χ3n) is 2.74. The van der Waals surface area contributed by atoms with E-state index in [-0.39, 0.29) is 0 Å². The molecule has 0 aliphatic heterocycles. The highest BCUT2D eigenvalue weighted by molar-refractivity contribution is 5.82. The summed E-state index contributed by atoms with van der Waals surface area (Å²) in [7, 11) is 0. The van der Waals surface area contributed by atoms with Gasteiger partial charge in [0, 0.05) is 24.8 Å². The van der Waals surface area contributed by atoms with Crippen LogP contribution >= 0.6 is 0 Å². The largest absolute Gasteiger partial charge is 0.367 e. The van der Waals surface area contributed by atoms with Crippen LogP contribution in [0.4, 0.5) is 0 Å². The quantitative estimate of drug-likeness (QED) is 0.644. The first kappa shape index (κ1) is 9.04. The van der Waals surface area contributed by atoms with Gasteiger partial charge < -0.3 is 9.97 Å². The van der Waals surface area contributed by atoms with Gasteiger partial charge in [-0.1, -0.05) is 24.3 Å². The van der Waals surface area contributed by atoms with Gasteiger partial charge in [-0.05, 0) is 34.4 Å². The molecule has 0 saturated carbocycles. The van der Waals surface area contributed by atoms with Gasteiger partial charge in [-0.3, -0.25) is 0 Å². The van der Waals surface area contributed by atoms with E-state index in [2.05, 4.69) is 46.4 Å². The van der Waals surface area contributed by atoms with Crippen LogP contribution in [0.2, 0.25) is 0 Å². The van der Waals surface area contributed by atoms with Gasteiger partial charge in [-0.15, -0.1) is 0 Å². The molecule has 2 N–H and O–H groups in total. The maximum absolute atomic E-state index is 3.09. The van der Waals surface area contributed by atoms with E-state index in [0.29, 0.717) is 0 Å². The van der Waals surface area contributed by atoms with Crippen LogP contribution in [0.3, 0.4) is 0 Å². The van der Waals surface area contributed by atoms with Crippen LogP contribution in [-0.4, -0.2) is 9.97 Å². The highest BCUT2D eigenvalue weighted by atomic mass is 14.6. The third-order valence-corrected chi connectivity index (χ3v) is 2.74. The van der Waals surface area contributed by atoms with Crippen molar-refractivity contribution in [2.75, 3.05) is 0 Å². The summed E-state index contributed by atoms with van der Waals surface area (Å²) >= 11 is 0. The Morgan fingerprint density at radius 1 is 0.625 bits per heavy atom. The first-order chi connectivity index (χ1) is 7.95. The van der Waals surface area contributed by atoms with Gasteiger partial charge in [0.15, 0.2) is 0 Å². The molecule has 1 aromatic carbocycles. The fourth-order valence-corrected chi connectivity index (χ4v) is 1.97. The molecule has 0 spiro atoms. The van der Waals surface area contributed by atoms with Gasteiger partial charge in [0.1, 0.15) is 0 Å². The monoisotopic (exact) mass is 208 g/mol. The summed E-state index contributed by atoms with van der Waals surface area (Å²) in [4.78, 5) is 6.19. The molecule has 2 heteroatoms. The zero-order valence-corrected chi connectivity index (χ0v) is 8.77. The second-order valence-electron chi connectivity index (χ2n) is 3.74. The van der Waals surface area contributed by atoms with Crippen molar-refractivity contribution in [3.8, 4) is 22.3 Å². The van der Waals surface area contributed by atoms with Crippen LogP contribution in [-0.2, 0) is 0 Å². The maximum atomic E-state index is 3.09. The molecule has 2 nitrogen and oxygen atoms in total. The van der Waals surface area contributed by atoms with E-state index >= 15 is 0 Å². The predicted octanol–water partition coefficient (Wildman–Crippen LogP) is 3.68. The van der Waals surface area contributed by atoms with Crippen molar-refractivity contribution in [1.82, 2.24) is 9.97 Å². The minimum atomic E-state index is 1.22. The highest BCUT2D eigenvalue weighted by Crippen LogP contribution is 2.31. The zero-order valence-electron chi connectivity index (χ0n) is 8.77. The van der Waals surface area contributed by atoms with Gasteiger partial charge in [0.05, 0.1) is 0 Å². The van der Waals surface area contributed by atoms with E-state index < -0.39 is 0 Å². The maximum Gasteiger partial charge on any atom is 0.00843 e. The number of hydrogen-bond acceptors (Lipinski definition) is 0. The first-order valence-electron chi connectivity index (χ1n) is 5.30. The molecule has 0 bridgehead atoms. The lowest BCUT2D eigenvalue weighted by Crippen LogP contribution is -1.80. The van der Waals surface area contributed by atoms with Crippen LogP contribution in [0, 0.1) is 0 Å². The molecule has 16 heavy (non-hydrogen) atoms. The molecular weight excluding hydrogens is 196 g/mol. The molecule has 0 amide bonds. The molecule has 2 aromatic heterocycles. The fraction of sp³-hybridized carbons (Fsp3) is 0. The normalized spacial score (nSPS) is 10.5. The number of H-pyrrole nitrogens is 2. The molecule has 0 atom stereocenters. The summed E-state index contributed by atoms with van der Waals surface area (Å²) < 4.78 is 0. The lowest BCUT2D eigenvalue weighted by Gasteiger charge is -2.05. The van der Waals surface area contributed by atoms with E-state index in [1.165, 1.54) is 22.3 Å². The second kappa shape index (κ2) is 3.74. The van der Waals surface area contributed by atoms with Crippen molar-refractivity contribution in [3.63, 3.8) is 0 Å². The number of aromatic nitrogens is 2. The van der Waals surface area contributed by atoms with Gasteiger partial charge in [0.25, 0.3) is 0 Å². The smallest absolute Gasteiger partial charge is 0.00843 e. The van der Waals surface area contributed by atoms with Gasteiger partial charge in [-0.25, -0.2) is 0 Å². The summed E-state index contributed by atoms with van der Waals surface area (Å²) in [5.74, 6) is 0. The van der Waals surface area contributed by atoms with Crippen LogP contribution in [0.5, 0.6) is 0 Å². The van der Waals surface area contributed by atoms with Gasteiger partial charge >= 0.3 is 0 Å². The molecule has 0 saturated heterocycles. The van der Waals surface area contributed by atoms with Crippen molar-refractivity contribution in [2.24, 2.45) is 0 Å². The minimum Gasteiger partial charge on any atom is -0.367 e. The Balaban J connectivity index is 2.19. The second-order valence-corrected chi connectivity index (χ2v) is 3.74. The Hall–Kier alpha value is -2.22. The predicted molar refractivity (Wildman–Crippen MR) is 66.0 cm³/mol. The van der Waals surface area contributed by atoms with E-state index in [4.69, 9.17) is 0 Å². The molecule has 0 aliphatic carbocycles. The third kappa shape index (κ3) is 1.44. The Morgan fingerprint density at radius 2 is 1.12 bits per heavy atom. The summed E-state index contributed by atoms with van der Waals surface area (Å²) in [6.07, 6.45) is 7.93. The standard InChI is InChI=1S/C14H12N2/c1-2-4-14(12-6-8-16-10-12)13(3-1)11-5-7-15-9-11/h1-10,15-16H. The SMILES string of the molecule is c1ccc(-c2cc[nH]c2)c(-c2cc[nH]c2)c1. The Kier molecular flexibility index (Phi) is 2.11. The molecule has 78 valence electrons. The van der Waals surface area contributed by atoms with Crippen molar-refractivity contribution in [2.45, 2.75) is 0 Å². The van der Waals surface area contributed by atoms with E-state index in [0.717, 1.165) is 0 Å². The summed E-state index contributed by atoms with van der Waals surface area (Å²) in [6.45, 7) is 0. The number of hydrogen-bond donors (Lipinski definition) is 2. The average molecular weight is 208 g/mol. The lowest BCUT2D eigenvalue weighted by molar-refractivity contribution is 1.41. The molecule has 0 radical (unpaired) electrons. The number of aromatic amines is 2. The van der Waals surface area contributed by atoms with Gasteiger partial charge in [0.2, 0.25) is 0 Å². The van der Waals surface area contributed by atoms with Crippen molar-refractivity contribution in [1.29, 1.82) is 0 Å². The molecule has 2 heterocycles. The van der Waals surface area contributed by atoms with Crippen LogP contribution in [0.15, 0.2) is 61.2 Å². The van der Waals surface area contributed by atoms with Crippen molar-refractivity contribution in [3.05, 3.63) is 61.2 Å². The molecule has 0 aliphatic rings.